The molecule has 0 spiro atoms. The summed E-state index contributed by atoms with van der Waals surface area (Å²) < 4.78 is 20.8. The lowest BCUT2D eigenvalue weighted by Crippen LogP contribution is -2.31. The van der Waals surface area contributed by atoms with Crippen LogP contribution in [0.1, 0.15) is 21.1 Å². The van der Waals surface area contributed by atoms with Crippen molar-refractivity contribution in [3.8, 4) is 5.69 Å². The van der Waals surface area contributed by atoms with Gasteiger partial charge in [-0.2, -0.15) is 5.10 Å². The maximum Gasteiger partial charge on any atom is 0.291 e. The fourth-order valence-electron chi connectivity index (χ4n) is 2.36. The molecule has 28 heavy (non-hydrogen) atoms. The second kappa shape index (κ2) is 8.44. The van der Waals surface area contributed by atoms with Crippen LogP contribution in [0, 0.1) is 5.82 Å². The Kier molecular flexibility index (Phi) is 5.80. The molecular formula is C18H19FN6O3. The van der Waals surface area contributed by atoms with Gasteiger partial charge in [-0.25, -0.2) is 14.1 Å². The number of furan rings is 1. The second-order valence-electron chi connectivity index (χ2n) is 6.18. The van der Waals surface area contributed by atoms with Crippen molar-refractivity contribution in [3.63, 3.8) is 0 Å². The first-order valence-electron chi connectivity index (χ1n) is 8.42. The summed E-state index contributed by atoms with van der Waals surface area (Å²) in [6.45, 7) is 1.13. The number of benzene rings is 1. The summed E-state index contributed by atoms with van der Waals surface area (Å²) >= 11 is 0. The molecule has 0 saturated carbocycles. The maximum atomic E-state index is 14.2. The third-order valence-electron chi connectivity index (χ3n) is 3.77. The summed E-state index contributed by atoms with van der Waals surface area (Å²) in [5, 5.41) is 9.07. The van der Waals surface area contributed by atoms with E-state index in [1.807, 2.05) is 19.0 Å². The molecule has 0 bridgehead atoms. The zero-order valence-electron chi connectivity index (χ0n) is 15.3. The number of hydrogen-bond donors (Lipinski definition) is 2. The van der Waals surface area contributed by atoms with E-state index in [1.165, 1.54) is 41.6 Å². The van der Waals surface area contributed by atoms with Gasteiger partial charge in [-0.1, -0.05) is 0 Å². The van der Waals surface area contributed by atoms with Crippen molar-refractivity contribution in [3.05, 3.63) is 60.3 Å². The van der Waals surface area contributed by atoms with E-state index >= 15 is 0 Å². The minimum Gasteiger partial charge on any atom is -0.446 e. The van der Waals surface area contributed by atoms with Gasteiger partial charge in [0.1, 0.15) is 18.3 Å². The number of nitrogens with zero attached hydrogens (tertiary/aromatic N) is 4. The normalized spacial score (nSPS) is 10.9. The van der Waals surface area contributed by atoms with Crippen LogP contribution in [0.2, 0.25) is 0 Å². The number of amides is 2. The minimum absolute atomic E-state index is 0.0246. The third-order valence-corrected chi connectivity index (χ3v) is 3.77. The number of hydrogen-bond acceptors (Lipinski definition) is 6. The van der Waals surface area contributed by atoms with Gasteiger partial charge >= 0.3 is 0 Å². The van der Waals surface area contributed by atoms with Crippen molar-refractivity contribution in [1.82, 2.24) is 25.0 Å². The van der Waals surface area contributed by atoms with E-state index in [-0.39, 0.29) is 22.9 Å². The van der Waals surface area contributed by atoms with Gasteiger partial charge in [0, 0.05) is 18.8 Å². The van der Waals surface area contributed by atoms with Crippen molar-refractivity contribution in [1.29, 1.82) is 0 Å². The molecule has 0 atom stereocenters. The number of nitrogens with one attached hydrogen (secondary N) is 2. The van der Waals surface area contributed by atoms with Crippen LogP contribution in [0.15, 0.2) is 47.4 Å². The smallest absolute Gasteiger partial charge is 0.291 e. The average Bonchev–Trinajstić information content (AvgIpc) is 3.33. The summed E-state index contributed by atoms with van der Waals surface area (Å²) in [5.41, 5.74) is 0.435. The predicted molar refractivity (Wildman–Crippen MR) is 98.9 cm³/mol. The lowest BCUT2D eigenvalue weighted by atomic mass is 10.2. The Hall–Kier alpha value is -3.53. The van der Waals surface area contributed by atoms with Gasteiger partial charge in [-0.3, -0.25) is 9.59 Å². The van der Waals surface area contributed by atoms with Crippen LogP contribution in [0.5, 0.6) is 0 Å². The summed E-state index contributed by atoms with van der Waals surface area (Å²) in [7, 11) is 3.78. The highest BCUT2D eigenvalue weighted by atomic mass is 19.1. The SMILES string of the molecule is CN(C)CCNC(=O)c1ccc(C(=O)Nc2ccc(-n3cncn3)c(F)c2)o1. The highest BCUT2D eigenvalue weighted by Crippen LogP contribution is 2.18. The maximum absolute atomic E-state index is 14.2. The van der Waals surface area contributed by atoms with Crippen LogP contribution >= 0.6 is 0 Å². The Labute approximate surface area is 160 Å². The molecule has 0 saturated heterocycles. The number of aromatic nitrogens is 3. The zero-order chi connectivity index (χ0) is 20.1. The molecule has 3 rings (SSSR count). The Morgan fingerprint density at radius 1 is 1.18 bits per heavy atom. The first-order chi connectivity index (χ1) is 13.4. The Morgan fingerprint density at radius 3 is 2.57 bits per heavy atom. The quantitative estimate of drug-likeness (QED) is 0.638. The van der Waals surface area contributed by atoms with Crippen molar-refractivity contribution >= 4 is 17.5 Å². The molecule has 2 N–H and O–H groups in total. The molecule has 1 aromatic carbocycles. The second-order valence-corrected chi connectivity index (χ2v) is 6.18. The van der Waals surface area contributed by atoms with Gasteiger partial charge < -0.3 is 20.0 Å². The van der Waals surface area contributed by atoms with E-state index in [4.69, 9.17) is 4.42 Å². The van der Waals surface area contributed by atoms with Crippen molar-refractivity contribution < 1.29 is 18.4 Å². The van der Waals surface area contributed by atoms with Crippen LogP contribution in [-0.4, -0.2) is 58.7 Å². The molecule has 0 fully saturated rings. The van der Waals surface area contributed by atoms with E-state index in [9.17, 15) is 14.0 Å². The highest BCUT2D eigenvalue weighted by Gasteiger charge is 2.16. The Balaban J connectivity index is 1.63. The largest absolute Gasteiger partial charge is 0.446 e. The molecule has 3 aromatic rings. The van der Waals surface area contributed by atoms with Gasteiger partial charge in [-0.15, -0.1) is 0 Å². The van der Waals surface area contributed by atoms with E-state index in [0.717, 1.165) is 6.07 Å². The topological polar surface area (TPSA) is 105 Å². The number of carbonyl (C=O) groups excluding carboxylic acids is 2. The van der Waals surface area contributed by atoms with E-state index < -0.39 is 17.6 Å². The van der Waals surface area contributed by atoms with E-state index in [2.05, 4.69) is 20.7 Å². The first-order valence-corrected chi connectivity index (χ1v) is 8.42. The molecule has 0 radical (unpaired) electrons. The standard InChI is InChI=1S/C18H19FN6O3/c1-24(2)8-7-21-17(26)15-5-6-16(28-15)18(27)23-12-3-4-14(13(19)9-12)25-11-20-10-22-25/h3-6,9-11H,7-8H2,1-2H3,(H,21,26)(H,23,27). The molecule has 2 amide bonds. The molecule has 0 unspecified atom stereocenters. The molecule has 146 valence electrons. The fraction of sp³-hybridized carbons (Fsp3) is 0.222. The van der Waals surface area contributed by atoms with Crippen LogP contribution in [0.4, 0.5) is 10.1 Å². The van der Waals surface area contributed by atoms with Gasteiger partial charge in [0.25, 0.3) is 11.8 Å². The molecule has 10 heteroatoms. The Bertz CT molecular complexity index is 968. The monoisotopic (exact) mass is 386 g/mol. The fourth-order valence-corrected chi connectivity index (χ4v) is 2.36. The van der Waals surface area contributed by atoms with Crippen molar-refractivity contribution in [2.24, 2.45) is 0 Å². The third kappa shape index (κ3) is 4.60. The average molecular weight is 386 g/mol. The number of carbonyl (C=O) groups is 2. The molecule has 0 aliphatic heterocycles. The Morgan fingerprint density at radius 2 is 1.93 bits per heavy atom. The number of rotatable bonds is 7. The molecule has 0 aliphatic rings. The van der Waals surface area contributed by atoms with Gasteiger partial charge in [0.05, 0.1) is 0 Å². The summed E-state index contributed by atoms with van der Waals surface area (Å²) in [4.78, 5) is 30.0. The van der Waals surface area contributed by atoms with Crippen LogP contribution in [0.25, 0.3) is 5.69 Å². The lowest BCUT2D eigenvalue weighted by Gasteiger charge is -2.09. The van der Waals surface area contributed by atoms with Gasteiger partial charge in [0.15, 0.2) is 17.3 Å². The first kappa shape index (κ1) is 19.2. The van der Waals surface area contributed by atoms with Crippen molar-refractivity contribution in [2.75, 3.05) is 32.5 Å². The molecular weight excluding hydrogens is 367 g/mol. The summed E-state index contributed by atoms with van der Waals surface area (Å²) in [6, 6.07) is 6.94. The lowest BCUT2D eigenvalue weighted by molar-refractivity contribution is 0.0916. The van der Waals surface area contributed by atoms with Crippen LogP contribution in [-0.2, 0) is 0 Å². The van der Waals surface area contributed by atoms with Gasteiger partial charge in [0.2, 0.25) is 0 Å². The van der Waals surface area contributed by atoms with Crippen molar-refractivity contribution in [2.45, 2.75) is 0 Å². The predicted octanol–water partition coefficient (Wildman–Crippen LogP) is 1.54. The zero-order valence-corrected chi connectivity index (χ0v) is 15.3. The van der Waals surface area contributed by atoms with E-state index in [0.29, 0.717) is 13.1 Å². The molecule has 0 aliphatic carbocycles. The van der Waals surface area contributed by atoms with Gasteiger partial charge in [-0.05, 0) is 44.4 Å². The van der Waals surface area contributed by atoms with Crippen LogP contribution in [0.3, 0.4) is 0 Å². The molecule has 2 aromatic heterocycles. The summed E-state index contributed by atoms with van der Waals surface area (Å²) in [5.74, 6) is -1.62. The number of anilines is 1. The molecule has 9 nitrogen and oxygen atoms in total. The number of likely N-dealkylation sites (N-methyl/N-ethyl adjacent to an activating group) is 1. The summed E-state index contributed by atoms with van der Waals surface area (Å²) in [6.07, 6.45) is 2.66. The number of halogens is 1. The molecule has 2 heterocycles. The minimum atomic E-state index is -0.597. The van der Waals surface area contributed by atoms with E-state index in [1.54, 1.807) is 0 Å². The highest BCUT2D eigenvalue weighted by molar-refractivity contribution is 6.03. The van der Waals surface area contributed by atoms with Crippen LogP contribution < -0.4 is 10.6 Å².